The summed E-state index contributed by atoms with van der Waals surface area (Å²) < 4.78 is 0. The van der Waals surface area contributed by atoms with Gasteiger partial charge in [0.05, 0.1) is 42.8 Å². The van der Waals surface area contributed by atoms with Gasteiger partial charge in [-0.25, -0.2) is 0 Å². The van der Waals surface area contributed by atoms with Crippen LogP contribution in [-0.4, -0.2) is 11.0 Å². The lowest BCUT2D eigenvalue weighted by Gasteiger charge is -2.17. The molecule has 2 aromatic rings. The summed E-state index contributed by atoms with van der Waals surface area (Å²) in [5.74, 6) is 0. The minimum absolute atomic E-state index is 0. The molecule has 22 heavy (non-hydrogen) atoms. The van der Waals surface area contributed by atoms with E-state index in [-0.39, 0.29) is 48.1 Å². The Bertz CT molecular complexity index is 696. The number of rotatable bonds is 1. The molecule has 2 aromatic carbocycles. The molecule has 0 saturated heterocycles. The number of benzene rings is 2. The second-order valence-corrected chi connectivity index (χ2v) is 5.59. The normalized spacial score (nSPS) is 9.82. The molecule has 0 amide bonds. The maximum atomic E-state index is 6.19. The highest BCUT2D eigenvalue weighted by atomic mass is 35.5. The fraction of sp³-hybridized carbons (Fsp3) is 0. The van der Waals surface area contributed by atoms with Crippen LogP contribution in [-0.2, 0) is 0 Å². The highest BCUT2D eigenvalue weighted by molar-refractivity contribution is 6.48. The third-order valence-corrected chi connectivity index (χ3v) is 4.64. The predicted octanol–water partition coefficient (Wildman–Crippen LogP) is 2.65. The molecule has 12 N–H and O–H groups in total. The van der Waals surface area contributed by atoms with Gasteiger partial charge < -0.3 is 33.9 Å². The van der Waals surface area contributed by atoms with Gasteiger partial charge in [0.25, 0.3) is 0 Å². The topological polar surface area (TPSA) is 167 Å². The van der Waals surface area contributed by atoms with Crippen molar-refractivity contribution < 1.29 is 11.0 Å². The van der Waals surface area contributed by atoms with Crippen molar-refractivity contribution >= 4 is 69.2 Å². The summed E-state index contributed by atoms with van der Waals surface area (Å²) in [5.41, 5.74) is 24.8. The fourth-order valence-corrected chi connectivity index (χ4v) is 2.70. The molecule has 0 unspecified atom stereocenters. The number of nitrogen functional groups attached to an aromatic ring is 4. The van der Waals surface area contributed by atoms with Crippen LogP contribution in [0.3, 0.4) is 0 Å². The first-order valence-corrected chi connectivity index (χ1v) is 6.83. The van der Waals surface area contributed by atoms with Gasteiger partial charge in [0.1, 0.15) is 0 Å². The summed E-state index contributed by atoms with van der Waals surface area (Å²) >= 11 is 24.4. The monoisotopic (exact) mass is 386 g/mol. The minimum Gasteiger partial charge on any atom is -0.412 e. The zero-order valence-corrected chi connectivity index (χ0v) is 14.0. The van der Waals surface area contributed by atoms with Gasteiger partial charge in [0, 0.05) is 11.1 Å². The fourth-order valence-electron chi connectivity index (χ4n) is 1.76. The molecule has 0 bridgehead atoms. The van der Waals surface area contributed by atoms with Crippen molar-refractivity contribution in [2.75, 3.05) is 22.9 Å². The third-order valence-electron chi connectivity index (χ3n) is 2.88. The van der Waals surface area contributed by atoms with E-state index in [1.54, 1.807) is 12.1 Å². The molecule has 0 aliphatic heterocycles. The number of halogens is 4. The van der Waals surface area contributed by atoms with Crippen LogP contribution in [0, 0.1) is 0 Å². The van der Waals surface area contributed by atoms with Crippen molar-refractivity contribution in [1.82, 2.24) is 0 Å². The van der Waals surface area contributed by atoms with Crippen LogP contribution in [0.1, 0.15) is 0 Å². The number of nitrogens with two attached hydrogens (primary N) is 4. The Morgan fingerprint density at radius 1 is 0.591 bits per heavy atom. The molecule has 0 aliphatic carbocycles. The maximum Gasteiger partial charge on any atom is 0.0850 e. The van der Waals surface area contributed by atoms with Crippen LogP contribution in [0.5, 0.6) is 0 Å². The van der Waals surface area contributed by atoms with Gasteiger partial charge >= 0.3 is 0 Å². The van der Waals surface area contributed by atoms with E-state index in [2.05, 4.69) is 0 Å². The molecular weight excluding hydrogens is 374 g/mol. The van der Waals surface area contributed by atoms with Crippen molar-refractivity contribution in [3.63, 3.8) is 0 Å². The molecule has 0 radical (unpaired) electrons. The number of hydrogen-bond acceptors (Lipinski definition) is 4. The Balaban J connectivity index is 0.00000220. The van der Waals surface area contributed by atoms with E-state index in [9.17, 15) is 0 Å². The number of hydrogen-bond donors (Lipinski definition) is 4. The Morgan fingerprint density at radius 3 is 1.68 bits per heavy atom. The van der Waals surface area contributed by atoms with Gasteiger partial charge in [-0.15, -0.1) is 0 Å². The van der Waals surface area contributed by atoms with E-state index < -0.39 is 0 Å². The van der Waals surface area contributed by atoms with Crippen LogP contribution >= 0.6 is 46.4 Å². The molecule has 6 nitrogen and oxygen atoms in total. The average Bonchev–Trinajstić information content (AvgIpc) is 2.43. The molecule has 0 spiro atoms. The average molecular weight is 388 g/mol. The zero-order chi connectivity index (χ0) is 15.2. The highest BCUT2D eigenvalue weighted by Gasteiger charge is 2.21. The molecule has 10 heteroatoms. The van der Waals surface area contributed by atoms with Crippen molar-refractivity contribution in [3.8, 4) is 11.1 Å². The van der Waals surface area contributed by atoms with Crippen molar-refractivity contribution in [2.45, 2.75) is 0 Å². The van der Waals surface area contributed by atoms with Crippen LogP contribution < -0.4 is 22.9 Å². The van der Waals surface area contributed by atoms with E-state index in [1.807, 2.05) is 0 Å². The first kappa shape index (κ1) is 20.7. The first-order chi connectivity index (χ1) is 9.27. The molecular formula is C12H14Cl4N4O2. The van der Waals surface area contributed by atoms with E-state index in [1.165, 1.54) is 0 Å². The van der Waals surface area contributed by atoms with Gasteiger partial charge in [0.15, 0.2) is 0 Å². The Hall–Kier alpha value is -1.28. The van der Waals surface area contributed by atoms with Crippen molar-refractivity contribution in [2.24, 2.45) is 0 Å². The standard InChI is InChI=1S/C12H10Cl4N4.2H2O/c13-6-3(1-2-4(17)7(6)14)5-8(15)9(16)11(19)12(20)10(5)18;;/h1-2H,17-20H2;2*1H2. The van der Waals surface area contributed by atoms with Crippen LogP contribution in [0.15, 0.2) is 12.1 Å². The lowest BCUT2D eigenvalue weighted by Crippen LogP contribution is -2.04. The van der Waals surface area contributed by atoms with Gasteiger partial charge in [-0.1, -0.05) is 52.5 Å². The molecule has 0 heterocycles. The molecule has 122 valence electrons. The molecule has 2 rings (SSSR count). The third kappa shape index (κ3) is 3.08. The van der Waals surface area contributed by atoms with Gasteiger partial charge in [-0.3, -0.25) is 0 Å². The zero-order valence-electron chi connectivity index (χ0n) is 11.0. The lowest BCUT2D eigenvalue weighted by molar-refractivity contribution is 0.823. The van der Waals surface area contributed by atoms with E-state index in [4.69, 9.17) is 69.3 Å². The maximum absolute atomic E-state index is 6.19. The summed E-state index contributed by atoms with van der Waals surface area (Å²) in [6, 6.07) is 3.22. The first-order valence-electron chi connectivity index (χ1n) is 5.32. The predicted molar refractivity (Wildman–Crippen MR) is 96.8 cm³/mol. The second kappa shape index (κ2) is 7.32. The summed E-state index contributed by atoms with van der Waals surface area (Å²) in [4.78, 5) is 0. The van der Waals surface area contributed by atoms with E-state index in [0.29, 0.717) is 16.8 Å². The lowest BCUT2D eigenvalue weighted by atomic mass is 10.0. The highest BCUT2D eigenvalue weighted by Crippen LogP contribution is 2.49. The largest absolute Gasteiger partial charge is 0.412 e. The van der Waals surface area contributed by atoms with Gasteiger partial charge in [-0.2, -0.15) is 0 Å². The Kier molecular flexibility index (Phi) is 6.90. The van der Waals surface area contributed by atoms with Crippen LogP contribution in [0.4, 0.5) is 22.7 Å². The molecule has 0 aromatic heterocycles. The summed E-state index contributed by atoms with van der Waals surface area (Å²) in [6.07, 6.45) is 0. The van der Waals surface area contributed by atoms with Crippen molar-refractivity contribution in [1.29, 1.82) is 0 Å². The molecule has 0 saturated carbocycles. The molecule has 0 aliphatic rings. The summed E-state index contributed by atoms with van der Waals surface area (Å²) in [6.45, 7) is 0. The van der Waals surface area contributed by atoms with E-state index in [0.717, 1.165) is 0 Å². The smallest absolute Gasteiger partial charge is 0.0850 e. The molecule has 0 atom stereocenters. The van der Waals surface area contributed by atoms with Gasteiger partial charge in [0.2, 0.25) is 0 Å². The second-order valence-electron chi connectivity index (χ2n) is 4.07. The van der Waals surface area contributed by atoms with E-state index >= 15 is 0 Å². The van der Waals surface area contributed by atoms with Gasteiger partial charge in [-0.05, 0) is 6.07 Å². The minimum atomic E-state index is 0. The Labute approximate surface area is 146 Å². The SMILES string of the molecule is Nc1ccc(-c2c(N)c(N)c(N)c(Cl)c2Cl)c(Cl)c1Cl.O.O. The summed E-state index contributed by atoms with van der Waals surface area (Å²) in [7, 11) is 0. The van der Waals surface area contributed by atoms with Crippen molar-refractivity contribution in [3.05, 3.63) is 32.2 Å². The summed E-state index contributed by atoms with van der Waals surface area (Å²) in [5, 5.41) is 0.669. The number of anilines is 4. The van der Waals surface area contributed by atoms with Crippen LogP contribution in [0.2, 0.25) is 20.1 Å². The van der Waals surface area contributed by atoms with Crippen LogP contribution in [0.25, 0.3) is 11.1 Å². The Morgan fingerprint density at radius 2 is 1.14 bits per heavy atom. The quantitative estimate of drug-likeness (QED) is 0.552. The molecule has 0 fully saturated rings.